The van der Waals surface area contributed by atoms with E-state index < -0.39 is 0 Å². The molecule has 1 aliphatic carbocycles. The predicted octanol–water partition coefficient (Wildman–Crippen LogP) is 1.28. The van der Waals surface area contributed by atoms with Crippen LogP contribution >= 0.6 is 0 Å². The number of methoxy groups -OCH3 is 1. The van der Waals surface area contributed by atoms with Crippen molar-refractivity contribution in [1.29, 1.82) is 0 Å². The topological polar surface area (TPSA) is 62.8 Å². The average molecular weight is 238 g/mol. The highest BCUT2D eigenvalue weighted by Crippen LogP contribution is 2.20. The van der Waals surface area contributed by atoms with Crippen LogP contribution in [0.1, 0.15) is 37.9 Å². The fourth-order valence-corrected chi connectivity index (χ4v) is 2.46. The zero-order chi connectivity index (χ0) is 11.9. The maximum Gasteiger partial charge on any atom is 0.137 e. The molecule has 1 aromatic heterocycles. The van der Waals surface area contributed by atoms with Gasteiger partial charge in [0.25, 0.3) is 0 Å². The van der Waals surface area contributed by atoms with E-state index in [9.17, 15) is 0 Å². The van der Waals surface area contributed by atoms with Crippen LogP contribution in [-0.4, -0.2) is 41.0 Å². The number of hydrogen-bond acceptors (Lipinski definition) is 4. The van der Waals surface area contributed by atoms with Crippen molar-refractivity contribution in [2.75, 3.05) is 13.7 Å². The number of H-pyrrole nitrogens is 1. The minimum Gasteiger partial charge on any atom is -0.381 e. The standard InChI is InChI=1S/C12H22N4O/c1-17-11-5-2-4-10(8-11)13-7-3-6-12-14-9-15-16-12/h9-11,13H,2-8H2,1H3,(H,14,15,16). The summed E-state index contributed by atoms with van der Waals surface area (Å²) in [5.74, 6) is 0.977. The molecular formula is C12H22N4O. The second-order valence-corrected chi connectivity index (χ2v) is 4.71. The summed E-state index contributed by atoms with van der Waals surface area (Å²) < 4.78 is 5.42. The Bertz CT molecular complexity index is 301. The van der Waals surface area contributed by atoms with Gasteiger partial charge in [0.05, 0.1) is 6.10 Å². The van der Waals surface area contributed by atoms with E-state index in [2.05, 4.69) is 20.5 Å². The van der Waals surface area contributed by atoms with Crippen molar-refractivity contribution < 1.29 is 4.74 Å². The lowest BCUT2D eigenvalue weighted by Crippen LogP contribution is -2.37. The third kappa shape index (κ3) is 4.09. The number of ether oxygens (including phenoxy) is 1. The third-order valence-electron chi connectivity index (χ3n) is 3.45. The highest BCUT2D eigenvalue weighted by molar-refractivity contribution is 4.81. The number of nitrogens with zero attached hydrogens (tertiary/aromatic N) is 2. The molecule has 5 heteroatoms. The van der Waals surface area contributed by atoms with Gasteiger partial charge in [0.2, 0.25) is 0 Å². The summed E-state index contributed by atoms with van der Waals surface area (Å²) in [6.45, 7) is 1.04. The third-order valence-corrected chi connectivity index (χ3v) is 3.45. The van der Waals surface area contributed by atoms with Gasteiger partial charge < -0.3 is 10.1 Å². The van der Waals surface area contributed by atoms with E-state index in [4.69, 9.17) is 4.74 Å². The van der Waals surface area contributed by atoms with E-state index >= 15 is 0 Å². The number of hydrogen-bond donors (Lipinski definition) is 2. The Hall–Kier alpha value is -0.940. The largest absolute Gasteiger partial charge is 0.381 e. The molecule has 0 aliphatic heterocycles. The molecule has 0 bridgehead atoms. The Kier molecular flexibility index (Phi) is 4.94. The van der Waals surface area contributed by atoms with Gasteiger partial charge >= 0.3 is 0 Å². The molecule has 2 atom stereocenters. The van der Waals surface area contributed by atoms with Crippen molar-refractivity contribution in [3.8, 4) is 0 Å². The summed E-state index contributed by atoms with van der Waals surface area (Å²) in [5, 5.41) is 10.3. The fraction of sp³-hybridized carbons (Fsp3) is 0.833. The van der Waals surface area contributed by atoms with E-state index in [1.165, 1.54) is 19.3 Å². The van der Waals surface area contributed by atoms with Crippen LogP contribution in [0.25, 0.3) is 0 Å². The van der Waals surface area contributed by atoms with Crippen molar-refractivity contribution in [2.45, 2.75) is 50.7 Å². The first-order valence-corrected chi connectivity index (χ1v) is 6.49. The molecule has 0 saturated heterocycles. The SMILES string of the molecule is COC1CCCC(NCCCc2ncn[nH]2)C1. The zero-order valence-electron chi connectivity index (χ0n) is 10.5. The van der Waals surface area contributed by atoms with E-state index in [0.717, 1.165) is 31.6 Å². The second kappa shape index (κ2) is 6.71. The van der Waals surface area contributed by atoms with Crippen LogP contribution in [0.3, 0.4) is 0 Å². The van der Waals surface area contributed by atoms with Crippen LogP contribution in [0, 0.1) is 0 Å². The van der Waals surface area contributed by atoms with Crippen molar-refractivity contribution in [3.05, 3.63) is 12.2 Å². The number of rotatable bonds is 6. The molecule has 1 heterocycles. The van der Waals surface area contributed by atoms with Gasteiger partial charge in [0.1, 0.15) is 12.2 Å². The smallest absolute Gasteiger partial charge is 0.137 e. The summed E-state index contributed by atoms with van der Waals surface area (Å²) in [5.41, 5.74) is 0. The van der Waals surface area contributed by atoms with Gasteiger partial charge in [-0.25, -0.2) is 4.98 Å². The highest BCUT2D eigenvalue weighted by atomic mass is 16.5. The molecule has 1 aliphatic rings. The lowest BCUT2D eigenvalue weighted by atomic mass is 9.93. The first-order chi connectivity index (χ1) is 8.38. The van der Waals surface area contributed by atoms with E-state index in [0.29, 0.717) is 12.1 Å². The Labute approximate surface area is 102 Å². The molecule has 0 aromatic carbocycles. The molecule has 5 nitrogen and oxygen atoms in total. The van der Waals surface area contributed by atoms with Gasteiger partial charge in [0, 0.05) is 19.6 Å². The summed E-state index contributed by atoms with van der Waals surface area (Å²) in [6.07, 6.45) is 9.01. The summed E-state index contributed by atoms with van der Waals surface area (Å²) in [7, 11) is 1.82. The van der Waals surface area contributed by atoms with Crippen molar-refractivity contribution in [3.63, 3.8) is 0 Å². The number of aryl methyl sites for hydroxylation is 1. The number of aromatic amines is 1. The molecule has 17 heavy (non-hydrogen) atoms. The molecule has 2 rings (SSSR count). The first kappa shape index (κ1) is 12.5. The quantitative estimate of drug-likeness (QED) is 0.733. The monoisotopic (exact) mass is 238 g/mol. The Morgan fingerprint density at radius 3 is 3.24 bits per heavy atom. The maximum atomic E-state index is 5.42. The first-order valence-electron chi connectivity index (χ1n) is 6.49. The van der Waals surface area contributed by atoms with E-state index in [1.54, 1.807) is 6.33 Å². The Balaban J connectivity index is 1.58. The van der Waals surface area contributed by atoms with Gasteiger partial charge in [0.15, 0.2) is 0 Å². The molecule has 0 spiro atoms. The highest BCUT2D eigenvalue weighted by Gasteiger charge is 2.20. The Morgan fingerprint density at radius 1 is 1.53 bits per heavy atom. The van der Waals surface area contributed by atoms with Gasteiger partial charge in [-0.15, -0.1) is 0 Å². The van der Waals surface area contributed by atoms with Crippen LogP contribution in [0.4, 0.5) is 0 Å². The van der Waals surface area contributed by atoms with Crippen LogP contribution in [-0.2, 0) is 11.2 Å². The lowest BCUT2D eigenvalue weighted by molar-refractivity contribution is 0.0589. The summed E-state index contributed by atoms with van der Waals surface area (Å²) in [4.78, 5) is 4.11. The predicted molar refractivity (Wildman–Crippen MR) is 65.8 cm³/mol. The fourth-order valence-electron chi connectivity index (χ4n) is 2.46. The van der Waals surface area contributed by atoms with Gasteiger partial charge in [-0.3, -0.25) is 5.10 Å². The zero-order valence-corrected chi connectivity index (χ0v) is 10.5. The molecule has 0 radical (unpaired) electrons. The second-order valence-electron chi connectivity index (χ2n) is 4.71. The molecule has 2 N–H and O–H groups in total. The number of nitrogens with one attached hydrogen (secondary N) is 2. The minimum atomic E-state index is 0.454. The Morgan fingerprint density at radius 2 is 2.47 bits per heavy atom. The average Bonchev–Trinajstić information content (AvgIpc) is 2.88. The molecular weight excluding hydrogens is 216 g/mol. The molecule has 2 unspecified atom stereocenters. The van der Waals surface area contributed by atoms with Crippen molar-refractivity contribution in [1.82, 2.24) is 20.5 Å². The molecule has 0 amide bonds. The van der Waals surface area contributed by atoms with Gasteiger partial charge in [-0.1, -0.05) is 0 Å². The van der Waals surface area contributed by atoms with Gasteiger partial charge in [-0.2, -0.15) is 5.10 Å². The van der Waals surface area contributed by atoms with E-state index in [-0.39, 0.29) is 0 Å². The molecule has 1 fully saturated rings. The summed E-state index contributed by atoms with van der Waals surface area (Å²) >= 11 is 0. The van der Waals surface area contributed by atoms with Crippen molar-refractivity contribution in [2.24, 2.45) is 0 Å². The normalized spacial score (nSPS) is 25.0. The van der Waals surface area contributed by atoms with Crippen molar-refractivity contribution >= 4 is 0 Å². The number of aromatic nitrogens is 3. The van der Waals surface area contributed by atoms with Crippen LogP contribution < -0.4 is 5.32 Å². The minimum absolute atomic E-state index is 0.454. The van der Waals surface area contributed by atoms with Crippen LogP contribution in [0.5, 0.6) is 0 Å². The van der Waals surface area contributed by atoms with Crippen LogP contribution in [0.15, 0.2) is 6.33 Å². The summed E-state index contributed by atoms with van der Waals surface area (Å²) in [6, 6.07) is 0.628. The molecule has 1 aromatic rings. The maximum absolute atomic E-state index is 5.42. The van der Waals surface area contributed by atoms with Gasteiger partial charge in [-0.05, 0) is 38.6 Å². The van der Waals surface area contributed by atoms with Crippen LogP contribution in [0.2, 0.25) is 0 Å². The molecule has 1 saturated carbocycles. The molecule has 96 valence electrons. The van der Waals surface area contributed by atoms with E-state index in [1.807, 2.05) is 7.11 Å². The lowest BCUT2D eigenvalue weighted by Gasteiger charge is -2.28.